The SMILES string of the molecule is CC(C)(C)OC(=O)Nc1cc(C(O)CO)ccc1Cl. The van der Waals surface area contributed by atoms with Gasteiger partial charge in [0.1, 0.15) is 11.7 Å². The lowest BCUT2D eigenvalue weighted by atomic mass is 10.1. The van der Waals surface area contributed by atoms with Crippen LogP contribution in [0.5, 0.6) is 0 Å². The van der Waals surface area contributed by atoms with Crippen LogP contribution in [0.25, 0.3) is 0 Å². The first-order valence-electron chi connectivity index (χ1n) is 5.81. The van der Waals surface area contributed by atoms with Gasteiger partial charge in [-0.3, -0.25) is 5.32 Å². The first-order chi connectivity index (χ1) is 8.73. The number of rotatable bonds is 3. The molecule has 0 aliphatic heterocycles. The first kappa shape index (κ1) is 15.8. The number of ether oxygens (including phenoxy) is 1. The molecule has 5 nitrogen and oxygen atoms in total. The van der Waals surface area contributed by atoms with E-state index in [0.717, 1.165) is 0 Å². The summed E-state index contributed by atoms with van der Waals surface area (Å²) < 4.78 is 5.10. The minimum Gasteiger partial charge on any atom is -0.444 e. The monoisotopic (exact) mass is 287 g/mol. The summed E-state index contributed by atoms with van der Waals surface area (Å²) in [5, 5.41) is 21.2. The van der Waals surface area contributed by atoms with Gasteiger partial charge in [0.2, 0.25) is 0 Å². The molecular formula is C13H18ClNO4. The van der Waals surface area contributed by atoms with Gasteiger partial charge < -0.3 is 14.9 Å². The van der Waals surface area contributed by atoms with Crippen LogP contribution >= 0.6 is 11.6 Å². The van der Waals surface area contributed by atoms with E-state index in [1.54, 1.807) is 26.8 Å². The number of carbonyl (C=O) groups is 1. The zero-order valence-corrected chi connectivity index (χ0v) is 11.9. The molecule has 1 rings (SSSR count). The fourth-order valence-corrected chi connectivity index (χ4v) is 1.53. The molecule has 0 saturated carbocycles. The van der Waals surface area contributed by atoms with E-state index in [1.165, 1.54) is 12.1 Å². The summed E-state index contributed by atoms with van der Waals surface area (Å²) in [5.74, 6) is 0. The van der Waals surface area contributed by atoms with Crippen molar-refractivity contribution < 1.29 is 19.7 Å². The number of benzene rings is 1. The molecule has 19 heavy (non-hydrogen) atoms. The Morgan fingerprint density at radius 3 is 2.63 bits per heavy atom. The van der Waals surface area contributed by atoms with Crippen LogP contribution in [-0.2, 0) is 4.74 Å². The fraction of sp³-hybridized carbons (Fsp3) is 0.462. The highest BCUT2D eigenvalue weighted by molar-refractivity contribution is 6.33. The van der Waals surface area contributed by atoms with Gasteiger partial charge in [0.05, 0.1) is 17.3 Å². The minimum atomic E-state index is -1.02. The van der Waals surface area contributed by atoms with Crippen molar-refractivity contribution in [1.29, 1.82) is 0 Å². The molecule has 0 aromatic heterocycles. The van der Waals surface area contributed by atoms with Crippen molar-refractivity contribution in [3.8, 4) is 0 Å². The Balaban J connectivity index is 2.85. The van der Waals surface area contributed by atoms with Crippen LogP contribution in [0.2, 0.25) is 5.02 Å². The molecule has 0 aliphatic carbocycles. The van der Waals surface area contributed by atoms with Gasteiger partial charge >= 0.3 is 6.09 Å². The van der Waals surface area contributed by atoms with Crippen molar-refractivity contribution in [2.75, 3.05) is 11.9 Å². The Kier molecular flexibility index (Phi) is 5.17. The third-order valence-electron chi connectivity index (χ3n) is 2.18. The third kappa shape index (κ3) is 5.06. The maximum atomic E-state index is 11.6. The average Bonchev–Trinajstić information content (AvgIpc) is 2.28. The summed E-state index contributed by atoms with van der Waals surface area (Å²) in [6.45, 7) is 4.84. The molecule has 106 valence electrons. The van der Waals surface area contributed by atoms with Crippen LogP contribution in [0.4, 0.5) is 10.5 Å². The van der Waals surface area contributed by atoms with Crippen LogP contribution < -0.4 is 5.32 Å². The number of hydrogen-bond donors (Lipinski definition) is 3. The van der Waals surface area contributed by atoms with Crippen LogP contribution in [0.15, 0.2) is 18.2 Å². The molecular weight excluding hydrogens is 270 g/mol. The van der Waals surface area contributed by atoms with Gasteiger partial charge in [0.25, 0.3) is 0 Å². The fourth-order valence-electron chi connectivity index (χ4n) is 1.36. The van der Waals surface area contributed by atoms with Gasteiger partial charge in [-0.25, -0.2) is 4.79 Å². The molecule has 1 aromatic rings. The minimum absolute atomic E-state index is 0.319. The van der Waals surface area contributed by atoms with Crippen molar-refractivity contribution in [3.05, 3.63) is 28.8 Å². The Labute approximate surface area is 117 Å². The molecule has 1 amide bonds. The molecule has 3 N–H and O–H groups in total. The number of aliphatic hydroxyl groups excluding tert-OH is 2. The molecule has 0 spiro atoms. The molecule has 0 bridgehead atoms. The molecule has 0 saturated heterocycles. The Bertz CT molecular complexity index is 456. The van der Waals surface area contributed by atoms with E-state index in [9.17, 15) is 9.90 Å². The van der Waals surface area contributed by atoms with Gasteiger partial charge in [-0.05, 0) is 38.5 Å². The van der Waals surface area contributed by atoms with Crippen LogP contribution in [0.1, 0.15) is 32.4 Å². The van der Waals surface area contributed by atoms with Gasteiger partial charge in [-0.15, -0.1) is 0 Å². The summed E-state index contributed by atoms with van der Waals surface area (Å²) in [5.41, 5.74) is 0.164. The third-order valence-corrected chi connectivity index (χ3v) is 2.51. The number of anilines is 1. The number of amides is 1. The average molecular weight is 288 g/mol. The Morgan fingerprint density at radius 1 is 1.47 bits per heavy atom. The molecule has 1 atom stereocenters. The van der Waals surface area contributed by atoms with Crippen molar-refractivity contribution in [1.82, 2.24) is 0 Å². The van der Waals surface area contributed by atoms with Crippen molar-refractivity contribution >= 4 is 23.4 Å². The molecule has 0 heterocycles. The highest BCUT2D eigenvalue weighted by atomic mass is 35.5. The van der Waals surface area contributed by atoms with E-state index >= 15 is 0 Å². The van der Waals surface area contributed by atoms with Gasteiger partial charge in [0, 0.05) is 0 Å². The van der Waals surface area contributed by atoms with E-state index in [0.29, 0.717) is 16.3 Å². The summed E-state index contributed by atoms with van der Waals surface area (Å²) in [6, 6.07) is 4.60. The number of halogens is 1. The number of hydrogen-bond acceptors (Lipinski definition) is 4. The molecule has 1 unspecified atom stereocenters. The van der Waals surface area contributed by atoms with E-state index < -0.39 is 24.4 Å². The number of aliphatic hydroxyl groups is 2. The molecule has 0 radical (unpaired) electrons. The molecule has 6 heteroatoms. The molecule has 1 aromatic carbocycles. The topological polar surface area (TPSA) is 78.8 Å². The summed E-state index contributed by atoms with van der Waals surface area (Å²) in [7, 11) is 0. The second-order valence-corrected chi connectivity index (χ2v) is 5.47. The predicted octanol–water partition coefficient (Wildman–Crippen LogP) is 2.71. The van der Waals surface area contributed by atoms with E-state index in [2.05, 4.69) is 5.32 Å². The van der Waals surface area contributed by atoms with E-state index in [-0.39, 0.29) is 0 Å². The zero-order valence-electron chi connectivity index (χ0n) is 11.1. The van der Waals surface area contributed by atoms with E-state index in [4.69, 9.17) is 21.4 Å². The maximum Gasteiger partial charge on any atom is 0.412 e. The summed E-state index contributed by atoms with van der Waals surface area (Å²) in [6.07, 6.45) is -1.65. The van der Waals surface area contributed by atoms with Gasteiger partial charge in [0.15, 0.2) is 0 Å². The van der Waals surface area contributed by atoms with Crippen LogP contribution in [0, 0.1) is 0 Å². The smallest absolute Gasteiger partial charge is 0.412 e. The maximum absolute atomic E-state index is 11.6. The van der Waals surface area contributed by atoms with Gasteiger partial charge in [-0.2, -0.15) is 0 Å². The number of nitrogens with one attached hydrogen (secondary N) is 1. The highest BCUT2D eigenvalue weighted by Crippen LogP contribution is 2.26. The summed E-state index contributed by atoms with van der Waals surface area (Å²) >= 11 is 5.94. The lowest BCUT2D eigenvalue weighted by molar-refractivity contribution is 0.0635. The van der Waals surface area contributed by atoms with Crippen LogP contribution in [-0.4, -0.2) is 28.5 Å². The molecule has 0 fully saturated rings. The first-order valence-corrected chi connectivity index (χ1v) is 6.19. The van der Waals surface area contributed by atoms with Crippen molar-refractivity contribution in [3.63, 3.8) is 0 Å². The van der Waals surface area contributed by atoms with Crippen molar-refractivity contribution in [2.24, 2.45) is 0 Å². The predicted molar refractivity (Wildman–Crippen MR) is 73.4 cm³/mol. The quantitative estimate of drug-likeness (QED) is 0.799. The standard InChI is InChI=1S/C13H18ClNO4/c1-13(2,3)19-12(18)15-10-6-8(11(17)7-16)4-5-9(10)14/h4-6,11,16-17H,7H2,1-3H3,(H,15,18). The Morgan fingerprint density at radius 2 is 2.11 bits per heavy atom. The lowest BCUT2D eigenvalue weighted by Gasteiger charge is -2.20. The normalized spacial score (nSPS) is 12.9. The highest BCUT2D eigenvalue weighted by Gasteiger charge is 2.17. The summed E-state index contributed by atoms with van der Waals surface area (Å²) in [4.78, 5) is 11.6. The zero-order chi connectivity index (χ0) is 14.6. The lowest BCUT2D eigenvalue weighted by Crippen LogP contribution is -2.27. The second kappa shape index (κ2) is 6.23. The second-order valence-electron chi connectivity index (χ2n) is 5.06. The molecule has 0 aliphatic rings. The van der Waals surface area contributed by atoms with Crippen LogP contribution in [0.3, 0.4) is 0 Å². The van der Waals surface area contributed by atoms with Crippen molar-refractivity contribution in [2.45, 2.75) is 32.5 Å². The Hall–Kier alpha value is -1.30. The largest absolute Gasteiger partial charge is 0.444 e. The van der Waals surface area contributed by atoms with Gasteiger partial charge in [-0.1, -0.05) is 17.7 Å². The van der Waals surface area contributed by atoms with E-state index in [1.807, 2.05) is 0 Å². The number of carbonyl (C=O) groups excluding carboxylic acids is 1.